The summed E-state index contributed by atoms with van der Waals surface area (Å²) in [4.78, 5) is 4.03. The number of benzene rings is 1. The van der Waals surface area contributed by atoms with Crippen molar-refractivity contribution in [3.8, 4) is 11.8 Å². The molecule has 0 amide bonds. The molecule has 0 spiro atoms. The zero-order chi connectivity index (χ0) is 9.97. The Hall–Kier alpha value is -1.97. The lowest BCUT2D eigenvalue weighted by molar-refractivity contribution is 0.426. The Kier molecular flexibility index (Phi) is 2.10. The predicted molar refractivity (Wildman–Crippen MR) is 54.1 cm³/mol. The van der Waals surface area contributed by atoms with Crippen LogP contribution < -0.4 is 10.5 Å². The fraction of sp³-hybridized carbons (Fsp3) is 0.100. The zero-order valence-corrected chi connectivity index (χ0v) is 7.84. The average molecular weight is 189 g/mol. The molecule has 0 bridgehead atoms. The Morgan fingerprint density at radius 3 is 2.57 bits per heavy atom. The molecular formula is C10H11N3O. The smallest absolute Gasteiger partial charge is 0.303 e. The van der Waals surface area contributed by atoms with Crippen molar-refractivity contribution >= 4 is 5.82 Å². The van der Waals surface area contributed by atoms with E-state index in [9.17, 15) is 0 Å². The number of aromatic nitrogens is 2. The van der Waals surface area contributed by atoms with Crippen molar-refractivity contribution in [3.05, 3.63) is 36.5 Å². The first-order valence-corrected chi connectivity index (χ1v) is 4.27. The van der Waals surface area contributed by atoms with E-state index in [0.29, 0.717) is 11.8 Å². The third-order valence-electron chi connectivity index (χ3n) is 1.93. The van der Waals surface area contributed by atoms with Crippen molar-refractivity contribution in [2.45, 2.75) is 0 Å². The van der Waals surface area contributed by atoms with Crippen LogP contribution in [0, 0.1) is 0 Å². The average Bonchev–Trinajstić information content (AvgIpc) is 2.52. The van der Waals surface area contributed by atoms with Crippen LogP contribution in [0.3, 0.4) is 0 Å². The second kappa shape index (κ2) is 3.41. The van der Waals surface area contributed by atoms with Crippen molar-refractivity contribution < 1.29 is 4.74 Å². The summed E-state index contributed by atoms with van der Waals surface area (Å²) < 4.78 is 7.19. The normalized spacial score (nSPS) is 10.1. The van der Waals surface area contributed by atoms with Crippen LogP contribution in [-0.2, 0) is 7.05 Å². The lowest BCUT2D eigenvalue weighted by Crippen LogP contribution is -1.98. The number of hydrogen-bond acceptors (Lipinski definition) is 3. The van der Waals surface area contributed by atoms with Gasteiger partial charge in [0.1, 0.15) is 11.6 Å². The highest BCUT2D eigenvalue weighted by molar-refractivity contribution is 5.32. The number of hydrogen-bond donors (Lipinski definition) is 1. The Labute approximate surface area is 81.9 Å². The summed E-state index contributed by atoms with van der Waals surface area (Å²) in [6.45, 7) is 0. The van der Waals surface area contributed by atoms with Crippen LogP contribution in [0.15, 0.2) is 36.5 Å². The molecule has 0 radical (unpaired) electrons. The third kappa shape index (κ3) is 1.54. The minimum absolute atomic E-state index is 0.494. The molecule has 0 saturated carbocycles. The third-order valence-corrected chi connectivity index (χ3v) is 1.93. The highest BCUT2D eigenvalue weighted by Gasteiger charge is 2.04. The number of para-hydroxylation sites is 1. The largest absolute Gasteiger partial charge is 0.425 e. The quantitative estimate of drug-likeness (QED) is 0.783. The predicted octanol–water partition coefficient (Wildman–Crippen LogP) is 1.79. The van der Waals surface area contributed by atoms with E-state index in [1.165, 1.54) is 0 Å². The van der Waals surface area contributed by atoms with Gasteiger partial charge in [0.15, 0.2) is 0 Å². The number of anilines is 1. The van der Waals surface area contributed by atoms with Gasteiger partial charge in [-0.15, -0.1) is 0 Å². The molecule has 2 rings (SSSR count). The van der Waals surface area contributed by atoms with Crippen molar-refractivity contribution in [1.29, 1.82) is 0 Å². The van der Waals surface area contributed by atoms with E-state index < -0.39 is 0 Å². The highest BCUT2D eigenvalue weighted by atomic mass is 16.5. The van der Waals surface area contributed by atoms with Gasteiger partial charge in [0.05, 0.1) is 6.20 Å². The number of nitrogen functional groups attached to an aromatic ring is 1. The molecule has 4 nitrogen and oxygen atoms in total. The Balaban J connectivity index is 2.23. The van der Waals surface area contributed by atoms with Crippen LogP contribution in [0.1, 0.15) is 0 Å². The fourth-order valence-electron chi connectivity index (χ4n) is 1.09. The van der Waals surface area contributed by atoms with Crippen LogP contribution in [0.25, 0.3) is 0 Å². The molecule has 1 heterocycles. The van der Waals surface area contributed by atoms with Gasteiger partial charge in [0, 0.05) is 7.05 Å². The van der Waals surface area contributed by atoms with Crippen LogP contribution >= 0.6 is 0 Å². The number of nitrogens with zero attached hydrogens (tertiary/aromatic N) is 2. The molecule has 4 heteroatoms. The SMILES string of the molecule is Cn1c(N)cnc1Oc1ccccc1. The molecule has 1 aromatic heterocycles. The monoisotopic (exact) mass is 189 g/mol. The van der Waals surface area contributed by atoms with Crippen molar-refractivity contribution in [1.82, 2.24) is 9.55 Å². The summed E-state index contributed by atoms with van der Waals surface area (Å²) in [6.07, 6.45) is 1.57. The first kappa shape index (κ1) is 8.62. The number of nitrogens with two attached hydrogens (primary N) is 1. The molecule has 1 aromatic carbocycles. The van der Waals surface area contributed by atoms with Gasteiger partial charge in [-0.25, -0.2) is 4.98 Å². The molecule has 0 saturated heterocycles. The van der Waals surface area contributed by atoms with E-state index in [1.807, 2.05) is 30.3 Å². The van der Waals surface area contributed by atoms with Crippen LogP contribution in [0.5, 0.6) is 11.8 Å². The molecule has 0 unspecified atom stereocenters. The van der Waals surface area contributed by atoms with Crippen molar-refractivity contribution in [3.63, 3.8) is 0 Å². The summed E-state index contributed by atoms with van der Waals surface area (Å²) in [7, 11) is 1.81. The van der Waals surface area contributed by atoms with Crippen LogP contribution in [0.4, 0.5) is 5.82 Å². The van der Waals surface area contributed by atoms with E-state index in [2.05, 4.69) is 4.98 Å². The molecule has 0 aliphatic carbocycles. The van der Waals surface area contributed by atoms with E-state index in [0.717, 1.165) is 5.75 Å². The van der Waals surface area contributed by atoms with Gasteiger partial charge in [-0.1, -0.05) is 18.2 Å². The topological polar surface area (TPSA) is 53.1 Å². The number of rotatable bonds is 2. The van der Waals surface area contributed by atoms with Crippen molar-refractivity contribution in [2.75, 3.05) is 5.73 Å². The Morgan fingerprint density at radius 2 is 2.00 bits per heavy atom. The van der Waals surface area contributed by atoms with Gasteiger partial charge >= 0.3 is 6.01 Å². The summed E-state index contributed by atoms with van der Waals surface area (Å²) in [5.41, 5.74) is 5.61. The maximum Gasteiger partial charge on any atom is 0.303 e. The molecule has 72 valence electrons. The molecule has 0 aliphatic rings. The molecule has 2 aromatic rings. The lowest BCUT2D eigenvalue weighted by atomic mass is 10.3. The minimum atomic E-state index is 0.494. The van der Waals surface area contributed by atoms with E-state index in [1.54, 1.807) is 17.8 Å². The maximum atomic E-state index is 5.61. The van der Waals surface area contributed by atoms with Gasteiger partial charge in [-0.05, 0) is 12.1 Å². The van der Waals surface area contributed by atoms with Gasteiger partial charge in [-0.3, -0.25) is 4.57 Å². The van der Waals surface area contributed by atoms with Gasteiger partial charge in [-0.2, -0.15) is 0 Å². The summed E-state index contributed by atoms with van der Waals surface area (Å²) >= 11 is 0. The number of ether oxygens (including phenoxy) is 1. The standard InChI is InChI=1S/C10H11N3O/c1-13-9(11)7-12-10(13)14-8-5-3-2-4-6-8/h2-7H,11H2,1H3. The summed E-state index contributed by atoms with van der Waals surface area (Å²) in [5, 5.41) is 0. The second-order valence-corrected chi connectivity index (χ2v) is 2.94. The zero-order valence-electron chi connectivity index (χ0n) is 7.84. The van der Waals surface area contributed by atoms with Crippen LogP contribution in [-0.4, -0.2) is 9.55 Å². The minimum Gasteiger partial charge on any atom is -0.425 e. The van der Waals surface area contributed by atoms with Crippen molar-refractivity contribution in [2.24, 2.45) is 7.05 Å². The molecule has 0 fully saturated rings. The molecule has 2 N–H and O–H groups in total. The van der Waals surface area contributed by atoms with Crippen LogP contribution in [0.2, 0.25) is 0 Å². The molecule has 14 heavy (non-hydrogen) atoms. The van der Waals surface area contributed by atoms with E-state index in [-0.39, 0.29) is 0 Å². The maximum absolute atomic E-state index is 5.61. The number of imidazole rings is 1. The fourth-order valence-corrected chi connectivity index (χ4v) is 1.09. The van der Waals surface area contributed by atoms with Gasteiger partial charge in [0.2, 0.25) is 0 Å². The highest BCUT2D eigenvalue weighted by Crippen LogP contribution is 2.20. The lowest BCUT2D eigenvalue weighted by Gasteiger charge is -2.04. The molecular weight excluding hydrogens is 178 g/mol. The summed E-state index contributed by atoms with van der Waals surface area (Å²) in [5.74, 6) is 1.33. The van der Waals surface area contributed by atoms with Gasteiger partial charge in [0.25, 0.3) is 0 Å². The first-order chi connectivity index (χ1) is 6.77. The molecule has 0 aliphatic heterocycles. The first-order valence-electron chi connectivity index (χ1n) is 4.27. The molecule has 0 atom stereocenters. The van der Waals surface area contributed by atoms with E-state index in [4.69, 9.17) is 10.5 Å². The Morgan fingerprint density at radius 1 is 1.29 bits per heavy atom. The van der Waals surface area contributed by atoms with E-state index >= 15 is 0 Å². The Bertz CT molecular complexity index is 422. The summed E-state index contributed by atoms with van der Waals surface area (Å²) in [6, 6.07) is 9.97. The van der Waals surface area contributed by atoms with Gasteiger partial charge < -0.3 is 10.5 Å². The second-order valence-electron chi connectivity index (χ2n) is 2.94.